The summed E-state index contributed by atoms with van der Waals surface area (Å²) in [5, 5.41) is 0.648. The number of hydrogen-bond donors (Lipinski definition) is 0. The second kappa shape index (κ2) is 10.6. The average molecular weight is 540 g/mol. The highest BCUT2D eigenvalue weighted by molar-refractivity contribution is 7.22. The summed E-state index contributed by atoms with van der Waals surface area (Å²) >= 11 is 0.973. The molecule has 0 radical (unpaired) electrons. The standard InChI is InChI=1S/C24H20F3N3O4S.ClH/c25-24(26,27)17-5-3-7-19-20(17)28-23(35-19)30(9-8-29-10-12-33-13-11-29)21(31)16-14-15-4-1-2-6-18(15)34-22(16)32;/h1-7,14H,8-13H2;1H. The molecule has 0 aliphatic carbocycles. The van der Waals surface area contributed by atoms with Crippen LogP contribution in [-0.4, -0.2) is 55.2 Å². The molecule has 0 atom stereocenters. The van der Waals surface area contributed by atoms with Crippen molar-refractivity contribution in [2.75, 3.05) is 44.3 Å². The molecule has 7 nitrogen and oxygen atoms in total. The van der Waals surface area contributed by atoms with E-state index in [2.05, 4.69) is 9.88 Å². The van der Waals surface area contributed by atoms with Crippen LogP contribution >= 0.6 is 23.7 Å². The molecule has 0 saturated carbocycles. The fourth-order valence-electron chi connectivity index (χ4n) is 3.99. The van der Waals surface area contributed by atoms with E-state index in [-0.39, 0.29) is 35.2 Å². The van der Waals surface area contributed by atoms with Crippen molar-refractivity contribution in [1.29, 1.82) is 0 Å². The van der Waals surface area contributed by atoms with Gasteiger partial charge in [0, 0.05) is 31.6 Å². The molecule has 4 aromatic rings. The number of halogens is 4. The molecule has 36 heavy (non-hydrogen) atoms. The van der Waals surface area contributed by atoms with Crippen molar-refractivity contribution >= 4 is 56.0 Å². The monoisotopic (exact) mass is 539 g/mol. The molecule has 1 aliphatic heterocycles. The van der Waals surface area contributed by atoms with Crippen molar-refractivity contribution in [2.24, 2.45) is 0 Å². The number of alkyl halides is 3. The Labute approximate surface area is 213 Å². The van der Waals surface area contributed by atoms with Crippen molar-refractivity contribution < 1.29 is 27.1 Å². The Balaban J connectivity index is 0.00000304. The third-order valence-electron chi connectivity index (χ3n) is 5.80. The minimum atomic E-state index is -4.59. The number of morpholine rings is 1. The lowest BCUT2D eigenvalue weighted by atomic mass is 10.1. The minimum Gasteiger partial charge on any atom is -0.422 e. The number of benzene rings is 2. The van der Waals surface area contributed by atoms with Crippen LogP contribution in [-0.2, 0) is 10.9 Å². The molecule has 0 unspecified atom stereocenters. The highest BCUT2D eigenvalue weighted by atomic mass is 35.5. The van der Waals surface area contributed by atoms with Gasteiger partial charge in [0.1, 0.15) is 11.1 Å². The summed E-state index contributed by atoms with van der Waals surface area (Å²) in [6, 6.07) is 12.0. The van der Waals surface area contributed by atoms with E-state index in [1.54, 1.807) is 24.3 Å². The zero-order chi connectivity index (χ0) is 24.6. The highest BCUT2D eigenvalue weighted by Gasteiger charge is 2.34. The molecule has 0 spiro atoms. The first-order chi connectivity index (χ1) is 16.8. The molecular weight excluding hydrogens is 519 g/mol. The van der Waals surface area contributed by atoms with Crippen LogP contribution in [0.1, 0.15) is 15.9 Å². The Morgan fingerprint density at radius 2 is 1.86 bits per heavy atom. The van der Waals surface area contributed by atoms with Crippen LogP contribution in [0.3, 0.4) is 0 Å². The molecular formula is C24H21ClF3N3O4S. The first-order valence-corrected chi connectivity index (χ1v) is 11.7. The lowest BCUT2D eigenvalue weighted by molar-refractivity contribution is -0.136. The molecule has 2 aromatic carbocycles. The molecule has 190 valence electrons. The Morgan fingerprint density at radius 1 is 1.11 bits per heavy atom. The predicted octanol–water partition coefficient (Wildman–Crippen LogP) is 4.82. The van der Waals surface area contributed by atoms with Gasteiger partial charge >= 0.3 is 11.8 Å². The van der Waals surface area contributed by atoms with Gasteiger partial charge in [0.15, 0.2) is 5.13 Å². The van der Waals surface area contributed by atoms with E-state index in [4.69, 9.17) is 9.15 Å². The van der Waals surface area contributed by atoms with E-state index in [0.29, 0.717) is 48.5 Å². The third-order valence-corrected chi connectivity index (χ3v) is 6.85. The van der Waals surface area contributed by atoms with Crippen molar-refractivity contribution in [1.82, 2.24) is 9.88 Å². The van der Waals surface area contributed by atoms with Gasteiger partial charge in [-0.2, -0.15) is 13.2 Å². The Bertz CT molecular complexity index is 1450. The van der Waals surface area contributed by atoms with Gasteiger partial charge in [-0.25, -0.2) is 9.78 Å². The minimum absolute atomic E-state index is 0. The average Bonchev–Trinajstić information content (AvgIpc) is 3.27. The molecule has 2 aromatic heterocycles. The first kappa shape index (κ1) is 26.1. The lowest BCUT2D eigenvalue weighted by Crippen LogP contribution is -2.44. The van der Waals surface area contributed by atoms with Gasteiger partial charge in [0.05, 0.1) is 29.0 Å². The lowest BCUT2D eigenvalue weighted by Gasteiger charge is -2.29. The van der Waals surface area contributed by atoms with Crippen molar-refractivity contribution in [3.05, 3.63) is 70.1 Å². The van der Waals surface area contributed by atoms with Crippen LogP contribution in [0.4, 0.5) is 18.3 Å². The number of carbonyl (C=O) groups is 1. The summed E-state index contributed by atoms with van der Waals surface area (Å²) in [6.07, 6.45) is -4.59. The van der Waals surface area contributed by atoms with Gasteiger partial charge < -0.3 is 9.15 Å². The number of para-hydroxylation sites is 2. The van der Waals surface area contributed by atoms with Crippen molar-refractivity contribution in [3.8, 4) is 0 Å². The number of anilines is 1. The predicted molar refractivity (Wildman–Crippen MR) is 133 cm³/mol. The third kappa shape index (κ3) is 5.24. The fraction of sp³-hybridized carbons (Fsp3) is 0.292. The highest BCUT2D eigenvalue weighted by Crippen LogP contribution is 2.38. The molecule has 5 rings (SSSR count). The van der Waals surface area contributed by atoms with Gasteiger partial charge in [-0.3, -0.25) is 14.6 Å². The van der Waals surface area contributed by atoms with E-state index in [1.165, 1.54) is 23.1 Å². The van der Waals surface area contributed by atoms with Crippen LogP contribution in [0.15, 0.2) is 57.7 Å². The summed E-state index contributed by atoms with van der Waals surface area (Å²) in [7, 11) is 0. The number of rotatable bonds is 5. The SMILES string of the molecule is Cl.O=C(c1cc2ccccc2oc1=O)N(CCN1CCOCC1)c1nc2c(C(F)(F)F)cccc2s1. The van der Waals surface area contributed by atoms with E-state index in [1.807, 2.05) is 0 Å². The van der Waals surface area contributed by atoms with Gasteiger partial charge in [0.2, 0.25) is 0 Å². The van der Waals surface area contributed by atoms with Crippen LogP contribution < -0.4 is 10.5 Å². The smallest absolute Gasteiger partial charge is 0.418 e. The summed E-state index contributed by atoms with van der Waals surface area (Å²) in [6.45, 7) is 3.01. The number of amides is 1. The first-order valence-electron chi connectivity index (χ1n) is 10.9. The Hall–Kier alpha value is -2.99. The molecule has 1 fully saturated rings. The Morgan fingerprint density at radius 3 is 2.61 bits per heavy atom. The number of thiazole rings is 1. The van der Waals surface area contributed by atoms with E-state index in [9.17, 15) is 22.8 Å². The molecule has 3 heterocycles. The normalized spacial score (nSPS) is 14.6. The van der Waals surface area contributed by atoms with Gasteiger partial charge in [-0.1, -0.05) is 35.6 Å². The fourth-order valence-corrected chi connectivity index (χ4v) is 5.00. The largest absolute Gasteiger partial charge is 0.422 e. The summed E-state index contributed by atoms with van der Waals surface area (Å²) < 4.78 is 51.6. The van der Waals surface area contributed by atoms with Crippen molar-refractivity contribution in [2.45, 2.75) is 6.18 Å². The molecule has 0 N–H and O–H groups in total. The van der Waals surface area contributed by atoms with E-state index in [0.717, 1.165) is 17.4 Å². The van der Waals surface area contributed by atoms with Gasteiger partial charge in [-0.15, -0.1) is 12.4 Å². The summed E-state index contributed by atoms with van der Waals surface area (Å²) in [5.74, 6) is -0.676. The summed E-state index contributed by atoms with van der Waals surface area (Å²) in [4.78, 5) is 33.8. The molecule has 1 saturated heterocycles. The number of fused-ring (bicyclic) bond motifs is 2. The Kier molecular flexibility index (Phi) is 7.65. The molecule has 1 aliphatic rings. The van der Waals surface area contributed by atoms with E-state index < -0.39 is 23.3 Å². The maximum Gasteiger partial charge on any atom is 0.418 e. The number of hydrogen-bond acceptors (Lipinski definition) is 7. The topological polar surface area (TPSA) is 75.9 Å². The summed E-state index contributed by atoms with van der Waals surface area (Å²) in [5.41, 5.74) is -1.79. The quantitative estimate of drug-likeness (QED) is 0.338. The van der Waals surface area contributed by atoms with Crippen LogP contribution in [0.25, 0.3) is 21.2 Å². The molecule has 12 heteroatoms. The molecule has 0 bridgehead atoms. The second-order valence-electron chi connectivity index (χ2n) is 8.04. The van der Waals surface area contributed by atoms with Crippen LogP contribution in [0, 0.1) is 0 Å². The molecule has 1 amide bonds. The van der Waals surface area contributed by atoms with Crippen LogP contribution in [0.5, 0.6) is 0 Å². The van der Waals surface area contributed by atoms with Gasteiger partial charge in [0.25, 0.3) is 5.91 Å². The number of nitrogens with zero attached hydrogens (tertiary/aromatic N) is 3. The van der Waals surface area contributed by atoms with Crippen LogP contribution in [0.2, 0.25) is 0 Å². The van der Waals surface area contributed by atoms with Crippen molar-refractivity contribution in [3.63, 3.8) is 0 Å². The van der Waals surface area contributed by atoms with Gasteiger partial charge in [-0.05, 0) is 24.3 Å². The zero-order valence-electron chi connectivity index (χ0n) is 18.8. The maximum absolute atomic E-state index is 13.6. The van der Waals surface area contributed by atoms with E-state index >= 15 is 0 Å². The zero-order valence-corrected chi connectivity index (χ0v) is 20.4. The number of ether oxygens (including phenoxy) is 1. The maximum atomic E-state index is 13.6. The second-order valence-corrected chi connectivity index (χ2v) is 9.05. The number of aromatic nitrogens is 1. The number of carbonyl (C=O) groups excluding carboxylic acids is 1.